The third-order valence-corrected chi connectivity index (χ3v) is 3.66. The Morgan fingerprint density at radius 1 is 1.39 bits per heavy atom. The number of rotatable bonds is 4. The molecular formula is C15H21Cl2N3O3. The predicted octanol–water partition coefficient (Wildman–Crippen LogP) is 2.50. The van der Waals surface area contributed by atoms with Gasteiger partial charge in [0, 0.05) is 6.04 Å². The molecule has 0 unspecified atom stereocenters. The molecule has 2 aromatic heterocycles. The first-order chi connectivity index (χ1) is 10.2. The van der Waals surface area contributed by atoms with Gasteiger partial charge >= 0.3 is 0 Å². The Labute approximate surface area is 147 Å². The van der Waals surface area contributed by atoms with Crippen molar-refractivity contribution in [1.29, 1.82) is 0 Å². The standard InChI is InChI=1S/C15H19N3O3.2ClH/c1-10-12(18-15(21-10)13-3-2-8-20-13)9-14(19)17-11-4-6-16-7-5-11;;/h2-3,8,11,16H,4-7,9H2,1H3,(H,17,19);2*1H. The number of carbonyl (C=O) groups is 1. The van der Waals surface area contributed by atoms with Gasteiger partial charge < -0.3 is 19.5 Å². The number of halogens is 2. The van der Waals surface area contributed by atoms with E-state index in [9.17, 15) is 4.79 Å². The van der Waals surface area contributed by atoms with Crippen molar-refractivity contribution in [3.05, 3.63) is 29.9 Å². The molecule has 3 rings (SSSR count). The quantitative estimate of drug-likeness (QED) is 0.874. The highest BCUT2D eigenvalue weighted by atomic mass is 35.5. The summed E-state index contributed by atoms with van der Waals surface area (Å²) >= 11 is 0. The van der Waals surface area contributed by atoms with Crippen LogP contribution in [0.3, 0.4) is 0 Å². The lowest BCUT2D eigenvalue weighted by atomic mass is 10.1. The largest absolute Gasteiger partial charge is 0.459 e. The monoisotopic (exact) mass is 361 g/mol. The number of nitrogens with one attached hydrogen (secondary N) is 2. The molecule has 0 aliphatic carbocycles. The van der Waals surface area contributed by atoms with Crippen LogP contribution in [0.1, 0.15) is 24.3 Å². The minimum Gasteiger partial charge on any atom is -0.459 e. The number of furan rings is 1. The van der Waals surface area contributed by atoms with E-state index in [4.69, 9.17) is 8.83 Å². The van der Waals surface area contributed by atoms with E-state index in [1.807, 2.05) is 6.92 Å². The smallest absolute Gasteiger partial charge is 0.263 e. The number of oxazole rings is 1. The zero-order chi connectivity index (χ0) is 14.7. The third kappa shape index (κ3) is 4.99. The summed E-state index contributed by atoms with van der Waals surface area (Å²) in [5, 5.41) is 6.33. The molecule has 3 heterocycles. The van der Waals surface area contributed by atoms with E-state index >= 15 is 0 Å². The summed E-state index contributed by atoms with van der Waals surface area (Å²) < 4.78 is 10.8. The van der Waals surface area contributed by atoms with Gasteiger partial charge in [-0.25, -0.2) is 4.98 Å². The van der Waals surface area contributed by atoms with E-state index in [0.29, 0.717) is 23.1 Å². The van der Waals surface area contributed by atoms with Gasteiger partial charge in [-0.05, 0) is 45.0 Å². The van der Waals surface area contributed by atoms with Gasteiger partial charge in [0.2, 0.25) is 5.91 Å². The van der Waals surface area contributed by atoms with Crippen molar-refractivity contribution in [2.24, 2.45) is 0 Å². The zero-order valence-electron chi connectivity index (χ0n) is 12.8. The summed E-state index contributed by atoms with van der Waals surface area (Å²) in [6.45, 7) is 3.72. The van der Waals surface area contributed by atoms with Crippen LogP contribution in [0.5, 0.6) is 0 Å². The lowest BCUT2D eigenvalue weighted by Gasteiger charge is -2.23. The topological polar surface area (TPSA) is 80.3 Å². The molecule has 1 saturated heterocycles. The lowest BCUT2D eigenvalue weighted by Crippen LogP contribution is -2.43. The molecule has 128 valence electrons. The Morgan fingerprint density at radius 2 is 2.13 bits per heavy atom. The summed E-state index contributed by atoms with van der Waals surface area (Å²) in [6, 6.07) is 3.82. The van der Waals surface area contributed by atoms with Gasteiger partial charge in [0.1, 0.15) is 5.76 Å². The first-order valence-electron chi connectivity index (χ1n) is 7.22. The van der Waals surface area contributed by atoms with Crippen LogP contribution in [0.2, 0.25) is 0 Å². The van der Waals surface area contributed by atoms with Gasteiger partial charge in [-0.2, -0.15) is 0 Å². The number of nitrogens with zero attached hydrogens (tertiary/aromatic N) is 1. The molecule has 6 nitrogen and oxygen atoms in total. The SMILES string of the molecule is Cc1oc(-c2ccco2)nc1CC(=O)NC1CCNCC1.Cl.Cl. The fourth-order valence-corrected chi connectivity index (χ4v) is 2.49. The van der Waals surface area contributed by atoms with Crippen LogP contribution in [0.15, 0.2) is 27.2 Å². The number of aryl methyl sites for hydroxylation is 1. The Bertz CT molecular complexity index is 608. The van der Waals surface area contributed by atoms with Crippen LogP contribution < -0.4 is 10.6 Å². The highest BCUT2D eigenvalue weighted by Gasteiger charge is 2.19. The van der Waals surface area contributed by atoms with Gasteiger partial charge in [0.25, 0.3) is 5.89 Å². The van der Waals surface area contributed by atoms with Crippen LogP contribution >= 0.6 is 24.8 Å². The molecule has 23 heavy (non-hydrogen) atoms. The number of carbonyl (C=O) groups excluding carboxylic acids is 1. The van der Waals surface area contributed by atoms with E-state index in [1.165, 1.54) is 0 Å². The van der Waals surface area contributed by atoms with Crippen LogP contribution in [0.25, 0.3) is 11.7 Å². The Morgan fingerprint density at radius 3 is 2.78 bits per heavy atom. The van der Waals surface area contributed by atoms with Crippen molar-refractivity contribution >= 4 is 30.7 Å². The van der Waals surface area contributed by atoms with E-state index in [2.05, 4.69) is 15.6 Å². The van der Waals surface area contributed by atoms with Crippen LogP contribution in [-0.2, 0) is 11.2 Å². The number of aromatic nitrogens is 1. The second kappa shape index (κ2) is 8.96. The maximum atomic E-state index is 12.1. The van der Waals surface area contributed by atoms with Gasteiger partial charge in [-0.15, -0.1) is 24.8 Å². The molecule has 0 spiro atoms. The van der Waals surface area contributed by atoms with Crippen LogP contribution in [0.4, 0.5) is 0 Å². The number of piperidine rings is 1. The van der Waals surface area contributed by atoms with Crippen molar-refractivity contribution in [3.63, 3.8) is 0 Å². The van der Waals surface area contributed by atoms with Gasteiger partial charge in [0.15, 0.2) is 5.76 Å². The molecule has 0 aromatic carbocycles. The highest BCUT2D eigenvalue weighted by molar-refractivity contribution is 5.85. The fourth-order valence-electron chi connectivity index (χ4n) is 2.49. The minimum absolute atomic E-state index is 0. The Kier molecular flexibility index (Phi) is 7.61. The second-order valence-electron chi connectivity index (χ2n) is 5.27. The molecule has 1 aliphatic rings. The molecule has 0 bridgehead atoms. The van der Waals surface area contributed by atoms with Gasteiger partial charge in [-0.3, -0.25) is 4.79 Å². The predicted molar refractivity (Wildman–Crippen MR) is 91.2 cm³/mol. The Balaban J connectivity index is 0.00000132. The average molecular weight is 362 g/mol. The van der Waals surface area contributed by atoms with E-state index in [1.54, 1.807) is 18.4 Å². The summed E-state index contributed by atoms with van der Waals surface area (Å²) in [4.78, 5) is 16.4. The molecule has 0 radical (unpaired) electrons. The second-order valence-corrected chi connectivity index (χ2v) is 5.27. The van der Waals surface area contributed by atoms with Crippen LogP contribution in [0, 0.1) is 6.92 Å². The maximum Gasteiger partial charge on any atom is 0.263 e. The summed E-state index contributed by atoms with van der Waals surface area (Å²) in [5.41, 5.74) is 0.660. The average Bonchev–Trinajstić information content (AvgIpc) is 3.10. The molecule has 8 heteroatoms. The van der Waals surface area contributed by atoms with Crippen LogP contribution in [-0.4, -0.2) is 30.0 Å². The molecule has 1 fully saturated rings. The third-order valence-electron chi connectivity index (χ3n) is 3.66. The minimum atomic E-state index is -0.00991. The fraction of sp³-hybridized carbons (Fsp3) is 0.467. The van der Waals surface area contributed by atoms with Crippen molar-refractivity contribution in [2.45, 2.75) is 32.2 Å². The molecule has 1 amide bonds. The number of hydrogen-bond donors (Lipinski definition) is 2. The summed E-state index contributed by atoms with van der Waals surface area (Å²) in [7, 11) is 0. The van der Waals surface area contributed by atoms with Crippen molar-refractivity contribution in [2.75, 3.05) is 13.1 Å². The molecule has 2 N–H and O–H groups in total. The number of amides is 1. The molecule has 0 atom stereocenters. The molecular weight excluding hydrogens is 341 g/mol. The van der Waals surface area contributed by atoms with E-state index < -0.39 is 0 Å². The normalized spacial score (nSPS) is 14.7. The zero-order valence-corrected chi connectivity index (χ0v) is 14.5. The first kappa shape index (κ1) is 19.5. The van der Waals surface area contributed by atoms with E-state index in [-0.39, 0.29) is 43.2 Å². The highest BCUT2D eigenvalue weighted by Crippen LogP contribution is 2.22. The van der Waals surface area contributed by atoms with Gasteiger partial charge in [0.05, 0.1) is 18.4 Å². The van der Waals surface area contributed by atoms with Crippen molar-refractivity contribution in [1.82, 2.24) is 15.6 Å². The maximum absolute atomic E-state index is 12.1. The van der Waals surface area contributed by atoms with Crippen molar-refractivity contribution in [3.8, 4) is 11.7 Å². The Hall–Kier alpha value is -1.50. The molecule has 2 aromatic rings. The van der Waals surface area contributed by atoms with Crippen molar-refractivity contribution < 1.29 is 13.6 Å². The summed E-state index contributed by atoms with van der Waals surface area (Å²) in [6.07, 6.45) is 3.75. The number of hydrogen-bond acceptors (Lipinski definition) is 5. The lowest BCUT2D eigenvalue weighted by molar-refractivity contribution is -0.121. The van der Waals surface area contributed by atoms with Gasteiger partial charge in [-0.1, -0.05) is 0 Å². The molecule has 0 saturated carbocycles. The summed E-state index contributed by atoms with van der Waals surface area (Å²) in [5.74, 6) is 1.64. The molecule has 1 aliphatic heterocycles. The first-order valence-corrected chi connectivity index (χ1v) is 7.22. The van der Waals surface area contributed by atoms with E-state index in [0.717, 1.165) is 25.9 Å².